The summed E-state index contributed by atoms with van der Waals surface area (Å²) in [6.45, 7) is 2.84. The summed E-state index contributed by atoms with van der Waals surface area (Å²) in [5.41, 5.74) is 1.34. The maximum atomic E-state index is 13.9. The number of halogens is 1. The first-order valence-electron chi connectivity index (χ1n) is 10.3. The lowest BCUT2D eigenvalue weighted by Gasteiger charge is -2.34. The minimum Gasteiger partial charge on any atom is -0.461 e. The van der Waals surface area contributed by atoms with Gasteiger partial charge in [0.2, 0.25) is 5.91 Å². The van der Waals surface area contributed by atoms with Gasteiger partial charge < -0.3 is 14.2 Å². The molecule has 0 aliphatic carbocycles. The standard InChI is InChI=1S/C23H21FN4O2S/c24-18-5-2-1-4-17(18)20-9-7-16(30-20)8-10-21(29)27-12-14-28(15-13-27)23-26-19-6-3-11-25-22(19)31-23/h1-7,9,11H,8,10,12-15H2. The molecule has 0 saturated carbocycles. The normalized spacial score (nSPS) is 14.4. The molecular formula is C23H21FN4O2S. The van der Waals surface area contributed by atoms with E-state index in [4.69, 9.17) is 4.42 Å². The third-order valence-electron chi connectivity index (χ3n) is 5.44. The molecule has 1 aliphatic heterocycles. The van der Waals surface area contributed by atoms with Crippen LogP contribution in [0.5, 0.6) is 0 Å². The zero-order valence-electron chi connectivity index (χ0n) is 16.8. The Labute approximate surface area is 182 Å². The van der Waals surface area contributed by atoms with Crippen LogP contribution in [0.15, 0.2) is 59.1 Å². The maximum Gasteiger partial charge on any atom is 0.223 e. The molecule has 0 bridgehead atoms. The summed E-state index contributed by atoms with van der Waals surface area (Å²) in [7, 11) is 0. The van der Waals surface area contributed by atoms with Crippen LogP contribution in [0.25, 0.3) is 21.7 Å². The Balaban J connectivity index is 1.15. The minimum absolute atomic E-state index is 0.106. The first-order valence-corrected chi connectivity index (χ1v) is 11.1. The number of carbonyl (C=O) groups excluding carboxylic acids is 1. The first kappa shape index (κ1) is 19.7. The van der Waals surface area contributed by atoms with E-state index in [0.29, 0.717) is 43.0 Å². The molecule has 0 unspecified atom stereocenters. The SMILES string of the molecule is O=C(CCc1ccc(-c2ccccc2F)o1)N1CCN(c2nc3cccnc3s2)CC1. The number of thiazole rings is 1. The lowest BCUT2D eigenvalue weighted by molar-refractivity contribution is -0.131. The van der Waals surface area contributed by atoms with Gasteiger partial charge in [0.25, 0.3) is 0 Å². The number of pyridine rings is 1. The summed E-state index contributed by atoms with van der Waals surface area (Å²) in [5.74, 6) is 0.961. The molecule has 1 aromatic carbocycles. The summed E-state index contributed by atoms with van der Waals surface area (Å²) >= 11 is 1.58. The number of benzene rings is 1. The molecule has 4 heterocycles. The van der Waals surface area contributed by atoms with Crippen molar-refractivity contribution >= 4 is 32.7 Å². The van der Waals surface area contributed by atoms with Crippen molar-refractivity contribution < 1.29 is 13.6 Å². The number of aryl methyl sites for hydroxylation is 1. The zero-order chi connectivity index (χ0) is 21.2. The van der Waals surface area contributed by atoms with Crippen molar-refractivity contribution in [1.82, 2.24) is 14.9 Å². The van der Waals surface area contributed by atoms with E-state index in [1.54, 1.807) is 41.8 Å². The summed E-state index contributed by atoms with van der Waals surface area (Å²) < 4.78 is 19.7. The minimum atomic E-state index is -0.318. The van der Waals surface area contributed by atoms with Gasteiger partial charge in [0, 0.05) is 45.2 Å². The lowest BCUT2D eigenvalue weighted by atomic mass is 10.1. The molecule has 4 aromatic rings. The molecule has 1 amide bonds. The Bertz CT molecular complexity index is 1180. The fourth-order valence-corrected chi connectivity index (χ4v) is 4.71. The van der Waals surface area contributed by atoms with Crippen molar-refractivity contribution in [2.24, 2.45) is 0 Å². The highest BCUT2D eigenvalue weighted by Gasteiger charge is 2.23. The van der Waals surface area contributed by atoms with E-state index in [9.17, 15) is 9.18 Å². The van der Waals surface area contributed by atoms with Crippen LogP contribution >= 0.6 is 11.3 Å². The number of amides is 1. The van der Waals surface area contributed by atoms with Gasteiger partial charge >= 0.3 is 0 Å². The molecule has 0 atom stereocenters. The molecular weight excluding hydrogens is 415 g/mol. The summed E-state index contributed by atoms with van der Waals surface area (Å²) in [6, 6.07) is 13.9. The number of hydrogen-bond donors (Lipinski definition) is 0. The van der Waals surface area contributed by atoms with Gasteiger partial charge in [0.15, 0.2) is 5.13 Å². The van der Waals surface area contributed by atoms with Gasteiger partial charge in [-0.05, 0) is 36.4 Å². The third kappa shape index (κ3) is 4.16. The number of fused-ring (bicyclic) bond motifs is 1. The van der Waals surface area contributed by atoms with E-state index >= 15 is 0 Å². The third-order valence-corrected chi connectivity index (χ3v) is 6.48. The van der Waals surface area contributed by atoms with Gasteiger partial charge in [-0.25, -0.2) is 14.4 Å². The summed E-state index contributed by atoms with van der Waals surface area (Å²) in [4.78, 5) is 26.7. The fourth-order valence-electron chi connectivity index (χ4n) is 3.75. The van der Waals surface area contributed by atoms with Crippen LogP contribution in [0.3, 0.4) is 0 Å². The quantitative estimate of drug-likeness (QED) is 0.465. The van der Waals surface area contributed by atoms with Crippen LogP contribution in [-0.4, -0.2) is 47.0 Å². The predicted octanol–water partition coefficient (Wildman–Crippen LogP) is 4.37. The Morgan fingerprint density at radius 2 is 1.90 bits per heavy atom. The van der Waals surface area contributed by atoms with Gasteiger partial charge in [-0.1, -0.05) is 23.5 Å². The first-order chi connectivity index (χ1) is 15.2. The van der Waals surface area contributed by atoms with Crippen LogP contribution in [0, 0.1) is 5.82 Å². The Morgan fingerprint density at radius 3 is 2.71 bits per heavy atom. The number of anilines is 1. The highest BCUT2D eigenvalue weighted by Crippen LogP contribution is 2.28. The lowest BCUT2D eigenvalue weighted by Crippen LogP contribution is -2.48. The van der Waals surface area contributed by atoms with Crippen LogP contribution in [-0.2, 0) is 11.2 Å². The molecule has 1 fully saturated rings. The van der Waals surface area contributed by atoms with Crippen LogP contribution in [0.1, 0.15) is 12.2 Å². The van der Waals surface area contributed by atoms with Crippen molar-refractivity contribution in [3.05, 3.63) is 66.3 Å². The van der Waals surface area contributed by atoms with Crippen molar-refractivity contribution in [2.45, 2.75) is 12.8 Å². The molecule has 6 nitrogen and oxygen atoms in total. The second kappa shape index (κ2) is 8.47. The van der Waals surface area contributed by atoms with Crippen LogP contribution in [0.4, 0.5) is 9.52 Å². The fraction of sp³-hybridized carbons (Fsp3) is 0.261. The van der Waals surface area contributed by atoms with E-state index in [1.165, 1.54) is 6.07 Å². The molecule has 3 aromatic heterocycles. The molecule has 0 spiro atoms. The highest BCUT2D eigenvalue weighted by molar-refractivity contribution is 7.21. The van der Waals surface area contributed by atoms with Gasteiger partial charge in [0.1, 0.15) is 27.7 Å². The Morgan fingerprint density at radius 1 is 1.06 bits per heavy atom. The molecule has 1 saturated heterocycles. The zero-order valence-corrected chi connectivity index (χ0v) is 17.6. The van der Waals surface area contributed by atoms with Gasteiger partial charge in [-0.3, -0.25) is 4.79 Å². The molecule has 0 N–H and O–H groups in total. The average Bonchev–Trinajstić information content (AvgIpc) is 3.45. The smallest absolute Gasteiger partial charge is 0.223 e. The summed E-state index contributed by atoms with van der Waals surface area (Å²) in [6.07, 6.45) is 2.64. The number of rotatable bonds is 5. The van der Waals surface area contributed by atoms with E-state index in [-0.39, 0.29) is 11.7 Å². The molecule has 1 aliphatic rings. The number of carbonyl (C=O) groups is 1. The Kier molecular flexibility index (Phi) is 5.38. The number of nitrogens with zero attached hydrogens (tertiary/aromatic N) is 4. The molecule has 31 heavy (non-hydrogen) atoms. The molecule has 0 radical (unpaired) electrons. The molecule has 8 heteroatoms. The Hall–Kier alpha value is -3.26. The van der Waals surface area contributed by atoms with E-state index in [0.717, 1.165) is 28.6 Å². The van der Waals surface area contributed by atoms with Crippen molar-refractivity contribution in [3.63, 3.8) is 0 Å². The van der Waals surface area contributed by atoms with Gasteiger partial charge in [-0.2, -0.15) is 0 Å². The number of furan rings is 1. The summed E-state index contributed by atoms with van der Waals surface area (Å²) in [5, 5.41) is 0.956. The van der Waals surface area contributed by atoms with Gasteiger partial charge in [0.05, 0.1) is 5.56 Å². The topological polar surface area (TPSA) is 62.5 Å². The highest BCUT2D eigenvalue weighted by atomic mass is 32.1. The average molecular weight is 437 g/mol. The second-order valence-electron chi connectivity index (χ2n) is 7.44. The van der Waals surface area contributed by atoms with E-state index < -0.39 is 0 Å². The number of aromatic nitrogens is 2. The van der Waals surface area contributed by atoms with Crippen molar-refractivity contribution in [1.29, 1.82) is 0 Å². The van der Waals surface area contributed by atoms with E-state index in [2.05, 4.69) is 14.9 Å². The number of piperazine rings is 1. The maximum absolute atomic E-state index is 13.9. The van der Waals surface area contributed by atoms with E-state index in [1.807, 2.05) is 23.1 Å². The molecule has 5 rings (SSSR count). The number of hydrogen-bond acceptors (Lipinski definition) is 6. The second-order valence-corrected chi connectivity index (χ2v) is 8.39. The van der Waals surface area contributed by atoms with Crippen molar-refractivity contribution in [3.8, 4) is 11.3 Å². The largest absolute Gasteiger partial charge is 0.461 e. The van der Waals surface area contributed by atoms with Gasteiger partial charge in [-0.15, -0.1) is 0 Å². The monoisotopic (exact) mass is 436 g/mol. The van der Waals surface area contributed by atoms with Crippen molar-refractivity contribution in [2.75, 3.05) is 31.1 Å². The van der Waals surface area contributed by atoms with Crippen LogP contribution in [0.2, 0.25) is 0 Å². The molecule has 158 valence electrons. The van der Waals surface area contributed by atoms with Crippen LogP contribution < -0.4 is 4.90 Å². The predicted molar refractivity (Wildman–Crippen MR) is 119 cm³/mol.